The van der Waals surface area contributed by atoms with Crippen molar-refractivity contribution in [1.82, 2.24) is 19.4 Å². The Morgan fingerprint density at radius 2 is 1.58 bits per heavy atom. The molecule has 0 saturated carbocycles. The van der Waals surface area contributed by atoms with E-state index < -0.39 is 0 Å². The van der Waals surface area contributed by atoms with Crippen LogP contribution in [0.5, 0.6) is 0 Å². The zero-order valence-electron chi connectivity index (χ0n) is 16.0. The van der Waals surface area contributed by atoms with Gasteiger partial charge < -0.3 is 10.1 Å². The maximum Gasteiger partial charge on any atom is 0.329 e. The minimum absolute atomic E-state index is 0.134. The lowest BCUT2D eigenvalue weighted by Gasteiger charge is -2.26. The highest BCUT2D eigenvalue weighted by molar-refractivity contribution is 5.75. The number of nitrogens with one attached hydrogen (secondary N) is 1. The summed E-state index contributed by atoms with van der Waals surface area (Å²) in [6.07, 6.45) is 4.64. The van der Waals surface area contributed by atoms with Gasteiger partial charge in [0.1, 0.15) is 0 Å². The van der Waals surface area contributed by atoms with Gasteiger partial charge in [0.05, 0.1) is 24.2 Å². The predicted octanol–water partition coefficient (Wildman–Crippen LogP) is 1.92. The molecule has 1 aromatic heterocycles. The van der Waals surface area contributed by atoms with Crippen LogP contribution < -0.4 is 11.0 Å². The Morgan fingerprint density at radius 3 is 2.27 bits per heavy atom. The Hall–Kier alpha value is -1.63. The molecule has 1 aliphatic heterocycles. The first-order chi connectivity index (χ1) is 12.8. The number of fused-ring (bicyclic) bond motifs is 1. The van der Waals surface area contributed by atoms with Crippen LogP contribution in [0, 0.1) is 0 Å². The van der Waals surface area contributed by atoms with E-state index in [0.717, 1.165) is 69.9 Å². The van der Waals surface area contributed by atoms with Crippen molar-refractivity contribution in [2.75, 3.05) is 46.4 Å². The van der Waals surface area contributed by atoms with Crippen molar-refractivity contribution in [2.24, 2.45) is 0 Å². The molecule has 1 fully saturated rings. The molecular formula is C20H32N4O2. The van der Waals surface area contributed by atoms with Crippen LogP contribution in [-0.4, -0.2) is 60.5 Å². The van der Waals surface area contributed by atoms with Crippen LogP contribution in [0.4, 0.5) is 0 Å². The minimum atomic E-state index is 0.134. The van der Waals surface area contributed by atoms with Crippen LogP contribution in [-0.2, 0) is 17.8 Å². The van der Waals surface area contributed by atoms with Crippen LogP contribution in [0.1, 0.15) is 25.7 Å². The highest BCUT2D eigenvalue weighted by Crippen LogP contribution is 2.14. The molecule has 1 aliphatic rings. The second-order valence-electron chi connectivity index (χ2n) is 7.05. The summed E-state index contributed by atoms with van der Waals surface area (Å²) < 4.78 is 9.33. The number of rotatable bonds is 10. The monoisotopic (exact) mass is 360 g/mol. The summed E-state index contributed by atoms with van der Waals surface area (Å²) in [5.74, 6) is 0. The number of hydrogen-bond donors (Lipinski definition) is 1. The molecule has 3 rings (SSSR count). The molecule has 0 radical (unpaired) electrons. The standard InChI is InChI=1S/C20H32N4O2/c1-21-10-6-2-3-7-11-23-18-8-4-5-9-19(18)24(20(23)25)13-12-22-14-16-26-17-15-22/h4-5,8-9,21H,2-3,6-7,10-17H2,1H3. The second kappa shape index (κ2) is 9.90. The SMILES string of the molecule is CNCCCCCCn1c(=O)n(CCN2CCOCC2)c2ccccc21. The van der Waals surface area contributed by atoms with Gasteiger partial charge in [-0.15, -0.1) is 0 Å². The van der Waals surface area contributed by atoms with Gasteiger partial charge in [-0.3, -0.25) is 14.0 Å². The fourth-order valence-electron chi connectivity index (χ4n) is 3.70. The quantitative estimate of drug-likeness (QED) is 0.658. The number of para-hydroxylation sites is 2. The van der Waals surface area contributed by atoms with Crippen LogP contribution in [0.15, 0.2) is 29.1 Å². The van der Waals surface area contributed by atoms with Gasteiger partial charge in [-0.1, -0.05) is 25.0 Å². The van der Waals surface area contributed by atoms with Crippen molar-refractivity contribution in [1.29, 1.82) is 0 Å². The van der Waals surface area contributed by atoms with Gasteiger partial charge in [0.2, 0.25) is 0 Å². The summed E-state index contributed by atoms with van der Waals surface area (Å²) in [4.78, 5) is 15.4. The van der Waals surface area contributed by atoms with Crippen molar-refractivity contribution in [3.63, 3.8) is 0 Å². The van der Waals surface area contributed by atoms with Crippen molar-refractivity contribution in [2.45, 2.75) is 38.8 Å². The van der Waals surface area contributed by atoms with E-state index in [-0.39, 0.29) is 5.69 Å². The van der Waals surface area contributed by atoms with E-state index >= 15 is 0 Å². The number of unbranched alkanes of at least 4 members (excludes halogenated alkanes) is 3. The van der Waals surface area contributed by atoms with E-state index in [9.17, 15) is 4.79 Å². The lowest BCUT2D eigenvalue weighted by Crippen LogP contribution is -2.39. The number of aromatic nitrogens is 2. The van der Waals surface area contributed by atoms with Gasteiger partial charge in [0.25, 0.3) is 0 Å². The van der Waals surface area contributed by atoms with Crippen LogP contribution in [0.2, 0.25) is 0 Å². The number of morpholine rings is 1. The highest BCUT2D eigenvalue weighted by Gasteiger charge is 2.15. The summed E-state index contributed by atoms with van der Waals surface area (Å²) >= 11 is 0. The van der Waals surface area contributed by atoms with Crippen LogP contribution in [0.3, 0.4) is 0 Å². The fraction of sp³-hybridized carbons (Fsp3) is 0.650. The summed E-state index contributed by atoms with van der Waals surface area (Å²) in [7, 11) is 1.99. The number of ether oxygens (including phenoxy) is 1. The van der Waals surface area contributed by atoms with Gasteiger partial charge in [0.15, 0.2) is 0 Å². The molecule has 6 nitrogen and oxygen atoms in total. The lowest BCUT2D eigenvalue weighted by molar-refractivity contribution is 0.0364. The molecular weight excluding hydrogens is 328 g/mol. The Bertz CT molecular complexity index is 731. The fourth-order valence-corrected chi connectivity index (χ4v) is 3.70. The average Bonchev–Trinajstić information content (AvgIpc) is 2.95. The van der Waals surface area contributed by atoms with Crippen molar-refractivity contribution in [3.05, 3.63) is 34.7 Å². The summed E-state index contributed by atoms with van der Waals surface area (Å²) in [6, 6.07) is 8.19. The first kappa shape index (κ1) is 19.1. The molecule has 1 aromatic carbocycles. The topological polar surface area (TPSA) is 51.4 Å². The Morgan fingerprint density at radius 1 is 0.923 bits per heavy atom. The molecule has 0 amide bonds. The van der Waals surface area contributed by atoms with Gasteiger partial charge >= 0.3 is 5.69 Å². The number of aryl methyl sites for hydroxylation is 1. The Kier molecular flexibility index (Phi) is 7.29. The van der Waals surface area contributed by atoms with Crippen LogP contribution in [0.25, 0.3) is 11.0 Å². The molecule has 6 heteroatoms. The van der Waals surface area contributed by atoms with E-state index in [4.69, 9.17) is 4.74 Å². The first-order valence-corrected chi connectivity index (χ1v) is 9.94. The second-order valence-corrected chi connectivity index (χ2v) is 7.05. The van der Waals surface area contributed by atoms with Crippen molar-refractivity contribution >= 4 is 11.0 Å². The molecule has 0 unspecified atom stereocenters. The molecule has 0 atom stereocenters. The van der Waals surface area contributed by atoms with Gasteiger partial charge in [-0.2, -0.15) is 0 Å². The third kappa shape index (κ3) is 4.75. The smallest absolute Gasteiger partial charge is 0.329 e. The summed E-state index contributed by atoms with van der Waals surface area (Å²) in [6.45, 7) is 7.04. The van der Waals surface area contributed by atoms with Crippen molar-refractivity contribution in [3.8, 4) is 0 Å². The summed E-state index contributed by atoms with van der Waals surface area (Å²) in [5, 5.41) is 3.18. The Balaban J connectivity index is 1.66. The largest absolute Gasteiger partial charge is 0.379 e. The maximum absolute atomic E-state index is 13.0. The van der Waals surface area contributed by atoms with E-state index in [1.165, 1.54) is 19.3 Å². The third-order valence-electron chi connectivity index (χ3n) is 5.23. The molecule has 1 saturated heterocycles. The number of nitrogens with zero attached hydrogens (tertiary/aromatic N) is 3. The molecule has 2 aromatic rings. The van der Waals surface area contributed by atoms with E-state index in [2.05, 4.69) is 22.3 Å². The van der Waals surface area contributed by atoms with E-state index in [1.54, 1.807) is 0 Å². The van der Waals surface area contributed by atoms with Gasteiger partial charge in [-0.05, 0) is 38.6 Å². The van der Waals surface area contributed by atoms with Crippen LogP contribution >= 0.6 is 0 Å². The number of imidazole rings is 1. The molecule has 1 N–H and O–H groups in total. The minimum Gasteiger partial charge on any atom is -0.379 e. The highest BCUT2D eigenvalue weighted by atomic mass is 16.5. The molecule has 0 bridgehead atoms. The number of hydrogen-bond acceptors (Lipinski definition) is 4. The molecule has 2 heterocycles. The molecule has 0 spiro atoms. The van der Waals surface area contributed by atoms with Gasteiger partial charge in [-0.25, -0.2) is 4.79 Å². The zero-order chi connectivity index (χ0) is 18.2. The summed E-state index contributed by atoms with van der Waals surface area (Å²) in [5.41, 5.74) is 2.25. The van der Waals surface area contributed by atoms with Crippen molar-refractivity contribution < 1.29 is 4.74 Å². The zero-order valence-corrected chi connectivity index (χ0v) is 16.0. The van der Waals surface area contributed by atoms with E-state index in [1.807, 2.05) is 28.3 Å². The normalized spacial score (nSPS) is 15.7. The molecule has 144 valence electrons. The number of benzene rings is 1. The predicted molar refractivity (Wildman–Crippen MR) is 106 cm³/mol. The molecule has 26 heavy (non-hydrogen) atoms. The maximum atomic E-state index is 13.0. The van der Waals surface area contributed by atoms with Gasteiger partial charge in [0, 0.05) is 32.7 Å². The first-order valence-electron chi connectivity index (χ1n) is 9.94. The van der Waals surface area contributed by atoms with E-state index in [0.29, 0.717) is 0 Å². The lowest BCUT2D eigenvalue weighted by atomic mass is 10.2. The Labute approximate surface area is 155 Å². The molecule has 0 aliphatic carbocycles. The average molecular weight is 361 g/mol. The third-order valence-corrected chi connectivity index (χ3v) is 5.23.